The molecule has 2 N–H and O–H groups in total. The summed E-state index contributed by atoms with van der Waals surface area (Å²) in [5.41, 5.74) is 6.25. The molecule has 2 unspecified atom stereocenters. The lowest BCUT2D eigenvalue weighted by atomic mass is 9.82. The third-order valence-electron chi connectivity index (χ3n) is 6.56. The van der Waals surface area contributed by atoms with Gasteiger partial charge in [-0.05, 0) is 50.0 Å². The van der Waals surface area contributed by atoms with E-state index in [-0.39, 0.29) is 24.8 Å². The van der Waals surface area contributed by atoms with Gasteiger partial charge in [-0.3, -0.25) is 29.6 Å². The molecule has 0 spiro atoms. The molecule has 0 saturated carbocycles. The SMILES string of the molecule is CC(=O)OC(C)C(=O)N(CC(C)C)NC(=O)[C@H](CC(C)C)[C@H](C/C=C/c1ccccc1)C(=O)NOC1CCCCO1. The Morgan fingerprint density at radius 1 is 1.00 bits per heavy atom. The normalized spacial score (nSPS) is 17.6. The highest BCUT2D eigenvalue weighted by atomic mass is 16.8. The number of allylic oxidation sites excluding steroid dienone is 1. The fourth-order valence-corrected chi connectivity index (χ4v) is 4.63. The lowest BCUT2D eigenvalue weighted by Gasteiger charge is -2.32. The molecule has 0 bridgehead atoms. The zero-order valence-electron chi connectivity index (χ0n) is 25.3. The lowest BCUT2D eigenvalue weighted by molar-refractivity contribution is -0.203. The van der Waals surface area contributed by atoms with Crippen LogP contribution in [0.2, 0.25) is 0 Å². The first kappa shape index (κ1) is 34.0. The molecule has 3 amide bonds. The topological polar surface area (TPSA) is 123 Å². The number of nitrogens with one attached hydrogen (secondary N) is 2. The largest absolute Gasteiger partial charge is 0.453 e. The Balaban J connectivity index is 2.30. The zero-order valence-corrected chi connectivity index (χ0v) is 25.3. The van der Waals surface area contributed by atoms with Gasteiger partial charge in [0, 0.05) is 26.5 Å². The zero-order chi connectivity index (χ0) is 30.4. The van der Waals surface area contributed by atoms with Crippen LogP contribution >= 0.6 is 0 Å². The van der Waals surface area contributed by atoms with E-state index in [2.05, 4.69) is 10.9 Å². The molecular weight excluding hydrogens is 526 g/mol. The summed E-state index contributed by atoms with van der Waals surface area (Å²) >= 11 is 0. The average molecular weight is 574 g/mol. The van der Waals surface area contributed by atoms with Crippen molar-refractivity contribution in [3.8, 4) is 0 Å². The molecule has 10 nitrogen and oxygen atoms in total. The van der Waals surface area contributed by atoms with Gasteiger partial charge in [-0.2, -0.15) is 0 Å². The Bertz CT molecular complexity index is 1010. The minimum Gasteiger partial charge on any atom is -0.453 e. The van der Waals surface area contributed by atoms with Crippen LogP contribution in [0.5, 0.6) is 0 Å². The van der Waals surface area contributed by atoms with Crippen LogP contribution in [0.1, 0.15) is 79.2 Å². The van der Waals surface area contributed by atoms with Gasteiger partial charge >= 0.3 is 5.97 Å². The van der Waals surface area contributed by atoms with Gasteiger partial charge in [0.25, 0.3) is 5.91 Å². The molecule has 1 aromatic rings. The second kappa shape index (κ2) is 17.5. The molecule has 1 aliphatic rings. The van der Waals surface area contributed by atoms with E-state index < -0.39 is 47.9 Å². The number of benzene rings is 1. The molecule has 41 heavy (non-hydrogen) atoms. The van der Waals surface area contributed by atoms with Gasteiger partial charge in [-0.1, -0.05) is 70.2 Å². The maximum atomic E-state index is 13.8. The Hall–Kier alpha value is -3.24. The smallest absolute Gasteiger partial charge is 0.303 e. The number of rotatable bonds is 14. The summed E-state index contributed by atoms with van der Waals surface area (Å²) in [5, 5.41) is 1.19. The highest BCUT2D eigenvalue weighted by Gasteiger charge is 2.36. The van der Waals surface area contributed by atoms with E-state index in [1.807, 2.05) is 70.2 Å². The Kier molecular flexibility index (Phi) is 14.5. The maximum absolute atomic E-state index is 13.8. The van der Waals surface area contributed by atoms with Crippen LogP contribution in [0.3, 0.4) is 0 Å². The predicted molar refractivity (Wildman–Crippen MR) is 155 cm³/mol. The number of hydroxylamine groups is 1. The second-order valence-electron chi connectivity index (χ2n) is 11.3. The molecule has 10 heteroatoms. The van der Waals surface area contributed by atoms with E-state index >= 15 is 0 Å². The average Bonchev–Trinajstić information content (AvgIpc) is 2.92. The number of carbonyl (C=O) groups excluding carboxylic acids is 4. The molecule has 1 aliphatic heterocycles. The quantitative estimate of drug-likeness (QED) is 0.250. The summed E-state index contributed by atoms with van der Waals surface area (Å²) in [7, 11) is 0. The number of amides is 3. The van der Waals surface area contributed by atoms with Crippen LogP contribution in [0.25, 0.3) is 6.08 Å². The number of ether oxygens (including phenoxy) is 2. The van der Waals surface area contributed by atoms with Gasteiger partial charge in [-0.25, -0.2) is 10.3 Å². The van der Waals surface area contributed by atoms with Crippen molar-refractivity contribution in [2.45, 2.75) is 86.0 Å². The third-order valence-corrected chi connectivity index (χ3v) is 6.56. The van der Waals surface area contributed by atoms with Crippen molar-refractivity contribution in [2.24, 2.45) is 23.7 Å². The molecule has 0 aromatic heterocycles. The minimum absolute atomic E-state index is 0.0177. The van der Waals surface area contributed by atoms with Gasteiger partial charge in [0.1, 0.15) is 0 Å². The van der Waals surface area contributed by atoms with Crippen LogP contribution in [-0.2, 0) is 33.5 Å². The number of esters is 1. The number of hydrogen-bond donors (Lipinski definition) is 2. The van der Waals surface area contributed by atoms with E-state index in [0.29, 0.717) is 19.4 Å². The van der Waals surface area contributed by atoms with Gasteiger partial charge in [-0.15, -0.1) is 0 Å². The van der Waals surface area contributed by atoms with E-state index in [1.165, 1.54) is 18.9 Å². The molecular formula is C31H47N3O7. The summed E-state index contributed by atoms with van der Waals surface area (Å²) in [6.45, 7) is 11.2. The van der Waals surface area contributed by atoms with Crippen LogP contribution in [0, 0.1) is 23.7 Å². The molecule has 1 aromatic carbocycles. The second-order valence-corrected chi connectivity index (χ2v) is 11.3. The summed E-state index contributed by atoms with van der Waals surface area (Å²) < 4.78 is 10.6. The van der Waals surface area contributed by atoms with Crippen LogP contribution in [0.15, 0.2) is 36.4 Å². The van der Waals surface area contributed by atoms with Crippen molar-refractivity contribution < 1.29 is 33.5 Å². The highest BCUT2D eigenvalue weighted by molar-refractivity contribution is 5.90. The first-order valence-electron chi connectivity index (χ1n) is 14.6. The fourth-order valence-electron chi connectivity index (χ4n) is 4.63. The molecule has 0 radical (unpaired) electrons. The third kappa shape index (κ3) is 12.4. The molecule has 0 aliphatic carbocycles. The summed E-state index contributed by atoms with van der Waals surface area (Å²) in [6.07, 6.45) is 5.38. The number of hydrazine groups is 1. The van der Waals surface area contributed by atoms with Gasteiger partial charge in [0.2, 0.25) is 11.8 Å². The molecule has 1 saturated heterocycles. The minimum atomic E-state index is -1.08. The summed E-state index contributed by atoms with van der Waals surface area (Å²) in [4.78, 5) is 57.5. The Morgan fingerprint density at radius 2 is 1.71 bits per heavy atom. The van der Waals surface area contributed by atoms with Crippen LogP contribution in [0.4, 0.5) is 0 Å². The van der Waals surface area contributed by atoms with Crippen molar-refractivity contribution in [1.29, 1.82) is 0 Å². The summed E-state index contributed by atoms with van der Waals surface area (Å²) in [6, 6.07) is 9.68. The first-order chi connectivity index (χ1) is 19.5. The highest BCUT2D eigenvalue weighted by Crippen LogP contribution is 2.26. The first-order valence-corrected chi connectivity index (χ1v) is 14.6. The van der Waals surface area contributed by atoms with E-state index in [0.717, 1.165) is 18.4 Å². The van der Waals surface area contributed by atoms with Gasteiger partial charge in [0.05, 0.1) is 11.8 Å². The monoisotopic (exact) mass is 573 g/mol. The predicted octanol–water partition coefficient (Wildman–Crippen LogP) is 4.41. The maximum Gasteiger partial charge on any atom is 0.303 e. The summed E-state index contributed by atoms with van der Waals surface area (Å²) in [5.74, 6) is -3.52. The molecule has 2 rings (SSSR count). The molecule has 228 valence electrons. The fraction of sp³-hybridized carbons (Fsp3) is 0.613. The van der Waals surface area contributed by atoms with Crippen molar-refractivity contribution in [3.63, 3.8) is 0 Å². The van der Waals surface area contributed by atoms with Crippen molar-refractivity contribution in [1.82, 2.24) is 15.9 Å². The van der Waals surface area contributed by atoms with Crippen molar-refractivity contribution >= 4 is 29.8 Å². The van der Waals surface area contributed by atoms with Gasteiger partial charge < -0.3 is 9.47 Å². The van der Waals surface area contributed by atoms with E-state index in [9.17, 15) is 19.2 Å². The van der Waals surface area contributed by atoms with Gasteiger partial charge in [0.15, 0.2) is 12.4 Å². The molecule has 4 atom stereocenters. The van der Waals surface area contributed by atoms with E-state index in [4.69, 9.17) is 14.3 Å². The Labute approximate surface area is 244 Å². The molecule has 1 fully saturated rings. The van der Waals surface area contributed by atoms with Crippen LogP contribution in [-0.4, -0.2) is 54.2 Å². The van der Waals surface area contributed by atoms with Crippen molar-refractivity contribution in [2.75, 3.05) is 13.2 Å². The number of carbonyl (C=O) groups is 4. The van der Waals surface area contributed by atoms with E-state index in [1.54, 1.807) is 0 Å². The van der Waals surface area contributed by atoms with Crippen LogP contribution < -0.4 is 10.9 Å². The standard InChI is InChI=1S/C31H47N3O7/c1-21(2)19-27(29(36)32-34(20-22(3)4)31(38)23(5)40-24(6)35)26(16-12-15-25-13-8-7-9-14-25)30(37)33-41-28-17-10-11-18-39-28/h7-9,12-15,21-23,26-28H,10-11,16-20H2,1-6H3,(H,32,36)(H,33,37)/b15-12+/t23?,26-,27+,28?/m0/s1. The lowest BCUT2D eigenvalue weighted by Crippen LogP contribution is -2.55. The van der Waals surface area contributed by atoms with Crippen molar-refractivity contribution in [3.05, 3.63) is 42.0 Å². The molecule has 1 heterocycles. The number of hydrogen-bond acceptors (Lipinski definition) is 7. The Morgan fingerprint density at radius 3 is 2.29 bits per heavy atom. The number of nitrogens with zero attached hydrogens (tertiary/aromatic N) is 1.